The van der Waals surface area contributed by atoms with Gasteiger partial charge < -0.3 is 14.8 Å². The van der Waals surface area contributed by atoms with Crippen LogP contribution in [0.2, 0.25) is 0 Å². The number of carbonyl (C=O) groups is 1. The maximum Gasteiger partial charge on any atom is 0.350 e. The number of methoxy groups -OCH3 is 1. The van der Waals surface area contributed by atoms with Crippen LogP contribution in [0.15, 0.2) is 59.1 Å². The van der Waals surface area contributed by atoms with Crippen molar-refractivity contribution in [1.82, 2.24) is 0 Å². The third-order valence-electron chi connectivity index (χ3n) is 3.81. The number of nitrogens with one attached hydrogen (secondary N) is 2. The van der Waals surface area contributed by atoms with Gasteiger partial charge in [0.1, 0.15) is 16.7 Å². The molecule has 0 radical (unpaired) electrons. The van der Waals surface area contributed by atoms with Crippen LogP contribution in [0.25, 0.3) is 0 Å². The molecule has 0 aromatic heterocycles. The summed E-state index contributed by atoms with van der Waals surface area (Å²) in [6, 6.07) is 10.9. The van der Waals surface area contributed by atoms with E-state index < -0.39 is 31.5 Å². The Morgan fingerprint density at radius 3 is 2.52 bits per heavy atom. The van der Waals surface area contributed by atoms with Crippen molar-refractivity contribution in [1.29, 1.82) is 5.26 Å². The van der Waals surface area contributed by atoms with E-state index >= 15 is 0 Å². The lowest BCUT2D eigenvalue weighted by molar-refractivity contribution is -0.385. The van der Waals surface area contributed by atoms with Crippen LogP contribution in [0.3, 0.4) is 0 Å². The van der Waals surface area contributed by atoms with Gasteiger partial charge in [0.05, 0.1) is 30.0 Å². The second kappa shape index (κ2) is 10.1. The molecule has 0 unspecified atom stereocenters. The molecule has 2 N–H and O–H groups in total. The number of para-hydroxylation sites is 2. The van der Waals surface area contributed by atoms with Gasteiger partial charge in [0.25, 0.3) is 15.7 Å². The highest BCUT2D eigenvalue weighted by Gasteiger charge is 2.24. The number of rotatable bonds is 9. The molecule has 0 aliphatic heterocycles. The highest BCUT2D eigenvalue weighted by molar-refractivity contribution is 7.92. The summed E-state index contributed by atoms with van der Waals surface area (Å²) in [5, 5.41) is 22.8. The first-order valence-corrected chi connectivity index (χ1v) is 10.2. The van der Waals surface area contributed by atoms with Crippen LogP contribution in [0.5, 0.6) is 5.75 Å². The number of benzene rings is 2. The van der Waals surface area contributed by atoms with Crippen LogP contribution >= 0.6 is 0 Å². The van der Waals surface area contributed by atoms with Gasteiger partial charge in [-0.15, -0.1) is 0 Å². The lowest BCUT2D eigenvalue weighted by Gasteiger charge is -2.14. The Hall–Kier alpha value is -4.11. The third-order valence-corrected chi connectivity index (χ3v) is 5.19. The normalized spacial score (nSPS) is 11.2. The van der Waals surface area contributed by atoms with Crippen molar-refractivity contribution in [3.63, 3.8) is 0 Å². The summed E-state index contributed by atoms with van der Waals surface area (Å²) >= 11 is 0. The fraction of sp³-hybridized carbons (Fsp3) is 0.158. The number of carbonyl (C=O) groups excluding carboxylic acids is 1. The van der Waals surface area contributed by atoms with Crippen LogP contribution in [-0.4, -0.2) is 33.0 Å². The van der Waals surface area contributed by atoms with Gasteiger partial charge in [-0.25, -0.2) is 13.2 Å². The molecule has 0 bridgehead atoms. The first kappa shape index (κ1) is 23.2. The second-order valence-electron chi connectivity index (χ2n) is 5.78. The quantitative estimate of drug-likeness (QED) is 0.194. The number of nitriles is 1. The first-order chi connectivity index (χ1) is 14.7. The largest absolute Gasteiger partial charge is 0.495 e. The van der Waals surface area contributed by atoms with Gasteiger partial charge >= 0.3 is 5.97 Å². The maximum atomic E-state index is 12.9. The molecule has 31 heavy (non-hydrogen) atoms. The van der Waals surface area contributed by atoms with E-state index in [-0.39, 0.29) is 29.3 Å². The minimum atomic E-state index is -4.30. The van der Waals surface area contributed by atoms with Crippen LogP contribution in [-0.2, 0) is 19.6 Å². The van der Waals surface area contributed by atoms with E-state index in [2.05, 4.69) is 10.0 Å². The Balaban J connectivity index is 2.40. The molecule has 0 amide bonds. The summed E-state index contributed by atoms with van der Waals surface area (Å²) in [6.45, 7) is 1.67. The molecule has 0 aliphatic carbocycles. The van der Waals surface area contributed by atoms with Crippen molar-refractivity contribution in [3.05, 3.63) is 64.4 Å². The van der Waals surface area contributed by atoms with E-state index in [0.717, 1.165) is 18.3 Å². The number of nitro groups is 1. The van der Waals surface area contributed by atoms with Crippen molar-refractivity contribution in [2.75, 3.05) is 23.8 Å². The number of nitrogens with zero attached hydrogens (tertiary/aromatic N) is 2. The number of hydrogen-bond donors (Lipinski definition) is 2. The summed E-state index contributed by atoms with van der Waals surface area (Å²) in [7, 11) is -3.07. The molecule has 0 aliphatic rings. The van der Waals surface area contributed by atoms with E-state index in [4.69, 9.17) is 14.7 Å². The number of non-ortho nitro benzene ring substituents is 1. The molecule has 2 rings (SSSR count). The zero-order valence-electron chi connectivity index (χ0n) is 16.5. The summed E-state index contributed by atoms with van der Waals surface area (Å²) in [5.74, 6) is -0.922. The molecule has 11 nitrogen and oxygen atoms in total. The number of anilines is 2. The highest BCUT2D eigenvalue weighted by Crippen LogP contribution is 2.31. The molecule has 0 atom stereocenters. The zero-order valence-corrected chi connectivity index (χ0v) is 17.3. The summed E-state index contributed by atoms with van der Waals surface area (Å²) in [4.78, 5) is 21.6. The van der Waals surface area contributed by atoms with Gasteiger partial charge in [0, 0.05) is 18.3 Å². The van der Waals surface area contributed by atoms with Gasteiger partial charge in [0.2, 0.25) is 0 Å². The number of esters is 1. The lowest BCUT2D eigenvalue weighted by atomic mass is 10.2. The van der Waals surface area contributed by atoms with Crippen molar-refractivity contribution in [2.45, 2.75) is 11.8 Å². The molecule has 2 aromatic carbocycles. The number of sulfonamides is 1. The minimum Gasteiger partial charge on any atom is -0.495 e. The number of ether oxygens (including phenoxy) is 2. The number of hydrogen-bond acceptors (Lipinski definition) is 9. The molecule has 0 fully saturated rings. The van der Waals surface area contributed by atoms with Gasteiger partial charge in [-0.2, -0.15) is 5.26 Å². The average molecular weight is 446 g/mol. The maximum absolute atomic E-state index is 12.9. The van der Waals surface area contributed by atoms with Crippen molar-refractivity contribution in [3.8, 4) is 11.8 Å². The fourth-order valence-electron chi connectivity index (χ4n) is 2.38. The molecular weight excluding hydrogens is 428 g/mol. The van der Waals surface area contributed by atoms with E-state index in [9.17, 15) is 23.3 Å². The van der Waals surface area contributed by atoms with Crippen LogP contribution in [0.1, 0.15) is 6.92 Å². The van der Waals surface area contributed by atoms with E-state index in [1.165, 1.54) is 25.3 Å². The molecule has 0 heterocycles. The Morgan fingerprint density at radius 1 is 1.26 bits per heavy atom. The van der Waals surface area contributed by atoms with Gasteiger partial charge in [0.15, 0.2) is 5.57 Å². The van der Waals surface area contributed by atoms with Crippen LogP contribution < -0.4 is 14.8 Å². The molecule has 2 aromatic rings. The fourth-order valence-corrected chi connectivity index (χ4v) is 3.65. The second-order valence-corrected chi connectivity index (χ2v) is 7.43. The SMILES string of the molecule is CCOC(=O)/C(C#N)=C/Nc1ccccc1NS(=O)(=O)c1cc([N+](=O)[O-])ccc1OC. The predicted octanol–water partition coefficient (Wildman–Crippen LogP) is 2.79. The number of nitro benzene ring substituents is 1. The zero-order chi connectivity index (χ0) is 23.0. The minimum absolute atomic E-state index is 0.0634. The van der Waals surface area contributed by atoms with E-state index in [1.54, 1.807) is 25.1 Å². The standard InChI is InChI=1S/C19H18N4O7S/c1-3-30-19(24)13(11-20)12-21-15-6-4-5-7-16(15)22-31(27,28)18-10-14(23(25)26)8-9-17(18)29-2/h4-10,12,21-22H,3H2,1-2H3/b13-12+. The Labute approximate surface area is 178 Å². The molecule has 12 heteroatoms. The molecular formula is C19H18N4O7S. The van der Waals surface area contributed by atoms with Gasteiger partial charge in [-0.05, 0) is 25.1 Å². The van der Waals surface area contributed by atoms with Crippen LogP contribution in [0, 0.1) is 21.4 Å². The Bertz CT molecular complexity index is 1170. The summed E-state index contributed by atoms with van der Waals surface area (Å²) in [5.41, 5.74) is -0.468. The Kier molecular flexibility index (Phi) is 7.53. The third kappa shape index (κ3) is 5.71. The smallest absolute Gasteiger partial charge is 0.350 e. The van der Waals surface area contributed by atoms with E-state index in [0.29, 0.717) is 0 Å². The lowest BCUT2D eigenvalue weighted by Crippen LogP contribution is -2.15. The summed E-state index contributed by atoms with van der Waals surface area (Å²) in [6.07, 6.45) is 1.08. The molecule has 0 saturated carbocycles. The molecule has 0 spiro atoms. The van der Waals surface area contributed by atoms with Crippen molar-refractivity contribution in [2.24, 2.45) is 0 Å². The van der Waals surface area contributed by atoms with Crippen LogP contribution in [0.4, 0.5) is 17.1 Å². The first-order valence-electron chi connectivity index (χ1n) is 8.71. The van der Waals surface area contributed by atoms with Gasteiger partial charge in [-0.3, -0.25) is 14.8 Å². The predicted molar refractivity (Wildman–Crippen MR) is 111 cm³/mol. The molecule has 162 valence electrons. The average Bonchev–Trinajstić information content (AvgIpc) is 2.74. The monoisotopic (exact) mass is 446 g/mol. The van der Waals surface area contributed by atoms with Crippen molar-refractivity contribution < 1.29 is 27.6 Å². The topological polar surface area (TPSA) is 161 Å². The van der Waals surface area contributed by atoms with E-state index in [1.807, 2.05) is 0 Å². The summed E-state index contributed by atoms with van der Waals surface area (Å²) < 4.78 is 37.9. The highest BCUT2D eigenvalue weighted by atomic mass is 32.2. The van der Waals surface area contributed by atoms with Gasteiger partial charge in [-0.1, -0.05) is 12.1 Å². The van der Waals surface area contributed by atoms with Crippen molar-refractivity contribution >= 4 is 33.1 Å². The molecule has 0 saturated heterocycles. The Morgan fingerprint density at radius 2 is 1.94 bits per heavy atom.